The van der Waals surface area contributed by atoms with Gasteiger partial charge in [-0.3, -0.25) is 4.79 Å². The highest BCUT2D eigenvalue weighted by Gasteiger charge is 2.48. The van der Waals surface area contributed by atoms with E-state index in [0.717, 1.165) is 37.8 Å². The van der Waals surface area contributed by atoms with Crippen molar-refractivity contribution in [2.75, 3.05) is 20.1 Å². The third-order valence-corrected chi connectivity index (χ3v) is 4.81. The maximum Gasteiger partial charge on any atom is 0.225 e. The number of hydrogen-bond donors (Lipinski definition) is 1. The first kappa shape index (κ1) is 10.6. The van der Waals surface area contributed by atoms with Crippen molar-refractivity contribution >= 4 is 5.91 Å². The molecule has 1 saturated heterocycles. The lowest BCUT2D eigenvalue weighted by Gasteiger charge is -2.33. The lowest BCUT2D eigenvalue weighted by molar-refractivity contribution is -0.136. The molecule has 0 spiro atoms. The number of fused-ring (bicyclic) bond motifs is 1. The fraction of sp³-hybridized carbons (Fsp3) is 0.923. The normalized spacial score (nSPS) is 38.6. The summed E-state index contributed by atoms with van der Waals surface area (Å²) in [6.07, 6.45) is 6.04. The molecule has 3 rings (SSSR count). The summed E-state index contributed by atoms with van der Waals surface area (Å²) < 4.78 is 0. The van der Waals surface area contributed by atoms with E-state index in [0.29, 0.717) is 17.9 Å². The van der Waals surface area contributed by atoms with Crippen molar-refractivity contribution in [2.45, 2.75) is 38.1 Å². The summed E-state index contributed by atoms with van der Waals surface area (Å²) >= 11 is 0. The van der Waals surface area contributed by atoms with E-state index < -0.39 is 0 Å². The van der Waals surface area contributed by atoms with E-state index in [9.17, 15) is 4.79 Å². The maximum atomic E-state index is 12.3. The van der Waals surface area contributed by atoms with E-state index in [4.69, 9.17) is 0 Å². The number of carbonyl (C=O) groups is 1. The van der Waals surface area contributed by atoms with E-state index in [-0.39, 0.29) is 0 Å². The first-order valence-electron chi connectivity index (χ1n) is 6.74. The molecule has 1 heterocycles. The number of carbonyl (C=O) groups excluding carboxylic acids is 1. The van der Waals surface area contributed by atoms with Gasteiger partial charge in [0.1, 0.15) is 0 Å². The lowest BCUT2D eigenvalue weighted by atomic mass is 9.99. The Balaban J connectivity index is 1.51. The molecule has 16 heavy (non-hydrogen) atoms. The fourth-order valence-corrected chi connectivity index (χ4v) is 3.56. The third-order valence-electron chi connectivity index (χ3n) is 4.81. The minimum Gasteiger partial charge on any atom is -0.342 e. The van der Waals surface area contributed by atoms with Crippen LogP contribution >= 0.6 is 0 Å². The maximum absolute atomic E-state index is 12.3. The second-order valence-corrected chi connectivity index (χ2v) is 5.81. The largest absolute Gasteiger partial charge is 0.342 e. The van der Waals surface area contributed by atoms with Gasteiger partial charge < -0.3 is 10.2 Å². The summed E-state index contributed by atoms with van der Waals surface area (Å²) in [4.78, 5) is 14.4. The molecule has 1 aliphatic heterocycles. The summed E-state index contributed by atoms with van der Waals surface area (Å²) in [5.41, 5.74) is 0. The summed E-state index contributed by atoms with van der Waals surface area (Å²) in [5.74, 6) is 2.68. The molecule has 3 fully saturated rings. The SMILES string of the molecule is CNC1CCN(C(=O)C2CC3CC3C2)CC1. The van der Waals surface area contributed by atoms with Gasteiger partial charge in [-0.05, 0) is 51.0 Å². The summed E-state index contributed by atoms with van der Waals surface area (Å²) in [6.45, 7) is 1.94. The summed E-state index contributed by atoms with van der Waals surface area (Å²) in [7, 11) is 2.02. The molecule has 3 nitrogen and oxygen atoms in total. The first-order valence-corrected chi connectivity index (χ1v) is 6.74. The Morgan fingerprint density at radius 1 is 1.12 bits per heavy atom. The number of amides is 1. The fourth-order valence-electron chi connectivity index (χ4n) is 3.56. The topological polar surface area (TPSA) is 32.3 Å². The molecule has 0 aromatic heterocycles. The molecule has 0 radical (unpaired) electrons. The van der Waals surface area contributed by atoms with Crippen molar-refractivity contribution in [3.63, 3.8) is 0 Å². The first-order chi connectivity index (χ1) is 7.78. The molecule has 2 atom stereocenters. The van der Waals surface area contributed by atoms with Crippen LogP contribution < -0.4 is 5.32 Å². The van der Waals surface area contributed by atoms with Crippen LogP contribution in [0.5, 0.6) is 0 Å². The molecular weight excluding hydrogens is 200 g/mol. The molecule has 0 aromatic carbocycles. The van der Waals surface area contributed by atoms with Crippen LogP contribution in [0.1, 0.15) is 32.1 Å². The molecule has 1 amide bonds. The lowest BCUT2D eigenvalue weighted by Crippen LogP contribution is -2.45. The number of nitrogens with zero attached hydrogens (tertiary/aromatic N) is 1. The van der Waals surface area contributed by atoms with Crippen molar-refractivity contribution in [3.8, 4) is 0 Å². The Labute approximate surface area is 97.6 Å². The van der Waals surface area contributed by atoms with E-state index >= 15 is 0 Å². The molecule has 2 aliphatic carbocycles. The second kappa shape index (κ2) is 4.02. The van der Waals surface area contributed by atoms with E-state index in [1.807, 2.05) is 7.05 Å². The zero-order valence-corrected chi connectivity index (χ0v) is 10.1. The van der Waals surface area contributed by atoms with Gasteiger partial charge in [-0.25, -0.2) is 0 Å². The van der Waals surface area contributed by atoms with Crippen molar-refractivity contribution in [1.29, 1.82) is 0 Å². The Morgan fingerprint density at radius 3 is 2.31 bits per heavy atom. The predicted octanol–water partition coefficient (Wildman–Crippen LogP) is 1.24. The van der Waals surface area contributed by atoms with Crippen molar-refractivity contribution in [3.05, 3.63) is 0 Å². The Morgan fingerprint density at radius 2 is 1.75 bits per heavy atom. The van der Waals surface area contributed by atoms with Gasteiger partial charge >= 0.3 is 0 Å². The van der Waals surface area contributed by atoms with Crippen molar-refractivity contribution in [2.24, 2.45) is 17.8 Å². The quantitative estimate of drug-likeness (QED) is 0.762. The van der Waals surface area contributed by atoms with Crippen LogP contribution in [0.2, 0.25) is 0 Å². The van der Waals surface area contributed by atoms with Crippen LogP contribution in [0.15, 0.2) is 0 Å². The van der Waals surface area contributed by atoms with E-state index in [1.54, 1.807) is 0 Å². The molecule has 90 valence electrons. The number of nitrogens with one attached hydrogen (secondary N) is 1. The minimum absolute atomic E-state index is 0.384. The molecule has 2 unspecified atom stereocenters. The van der Waals surface area contributed by atoms with Gasteiger partial charge in [-0.15, -0.1) is 0 Å². The third kappa shape index (κ3) is 1.86. The Bertz CT molecular complexity index is 274. The van der Waals surface area contributed by atoms with Gasteiger partial charge in [0.05, 0.1) is 0 Å². The minimum atomic E-state index is 0.384. The van der Waals surface area contributed by atoms with Gasteiger partial charge in [0.25, 0.3) is 0 Å². The Kier molecular flexibility index (Phi) is 2.66. The molecule has 3 heteroatoms. The molecule has 3 aliphatic rings. The zero-order valence-electron chi connectivity index (χ0n) is 10.1. The molecule has 2 saturated carbocycles. The van der Waals surface area contributed by atoms with Crippen LogP contribution in [0.4, 0.5) is 0 Å². The van der Waals surface area contributed by atoms with Crippen LogP contribution in [0, 0.1) is 17.8 Å². The smallest absolute Gasteiger partial charge is 0.225 e. The van der Waals surface area contributed by atoms with Crippen LogP contribution in [-0.2, 0) is 4.79 Å². The summed E-state index contributed by atoms with van der Waals surface area (Å²) in [5, 5.41) is 3.31. The average molecular weight is 222 g/mol. The molecular formula is C13H22N2O. The van der Waals surface area contributed by atoms with Gasteiger partial charge in [0.15, 0.2) is 0 Å². The van der Waals surface area contributed by atoms with Gasteiger partial charge in [-0.1, -0.05) is 0 Å². The van der Waals surface area contributed by atoms with Crippen LogP contribution in [0.25, 0.3) is 0 Å². The highest BCUT2D eigenvalue weighted by molar-refractivity contribution is 5.79. The van der Waals surface area contributed by atoms with E-state index in [2.05, 4.69) is 10.2 Å². The van der Waals surface area contributed by atoms with Gasteiger partial charge in [0, 0.05) is 25.0 Å². The predicted molar refractivity (Wildman–Crippen MR) is 63.0 cm³/mol. The Hall–Kier alpha value is -0.570. The van der Waals surface area contributed by atoms with Crippen LogP contribution in [0.3, 0.4) is 0 Å². The zero-order chi connectivity index (χ0) is 11.1. The summed E-state index contributed by atoms with van der Waals surface area (Å²) in [6, 6.07) is 0.626. The number of likely N-dealkylation sites (tertiary alicyclic amines) is 1. The van der Waals surface area contributed by atoms with Crippen molar-refractivity contribution in [1.82, 2.24) is 10.2 Å². The molecule has 0 bridgehead atoms. The van der Waals surface area contributed by atoms with Crippen LogP contribution in [-0.4, -0.2) is 37.0 Å². The number of hydrogen-bond acceptors (Lipinski definition) is 2. The van der Waals surface area contributed by atoms with E-state index in [1.165, 1.54) is 19.3 Å². The monoisotopic (exact) mass is 222 g/mol. The molecule has 0 aromatic rings. The molecule has 1 N–H and O–H groups in total. The second-order valence-electron chi connectivity index (χ2n) is 5.81. The highest BCUT2D eigenvalue weighted by atomic mass is 16.2. The average Bonchev–Trinajstić information content (AvgIpc) is 2.95. The van der Waals surface area contributed by atoms with Gasteiger partial charge in [-0.2, -0.15) is 0 Å². The number of rotatable bonds is 2. The van der Waals surface area contributed by atoms with Crippen molar-refractivity contribution < 1.29 is 4.79 Å². The number of piperidine rings is 1. The van der Waals surface area contributed by atoms with Gasteiger partial charge in [0.2, 0.25) is 5.91 Å². The standard InChI is InChI=1S/C13H22N2O/c1-14-12-2-4-15(5-3-12)13(16)11-7-9-6-10(9)8-11/h9-12,14H,2-8H2,1H3. The highest BCUT2D eigenvalue weighted by Crippen LogP contribution is 2.54.